The van der Waals surface area contributed by atoms with Crippen molar-refractivity contribution in [3.8, 4) is 0 Å². The number of piperidine rings is 1. The predicted octanol–water partition coefficient (Wildman–Crippen LogP) is 2.62. The van der Waals surface area contributed by atoms with E-state index in [0.717, 1.165) is 51.7 Å². The average molecular weight is 482 g/mol. The zero-order valence-corrected chi connectivity index (χ0v) is 19.2. The van der Waals surface area contributed by atoms with Crippen molar-refractivity contribution in [2.75, 3.05) is 46.0 Å². The molecule has 1 unspecified atom stereocenters. The van der Waals surface area contributed by atoms with Crippen LogP contribution in [-0.2, 0) is 9.47 Å². The summed E-state index contributed by atoms with van der Waals surface area (Å²) in [5.74, 6) is 0.949. The number of ether oxygens (including phenoxy) is 2. The Hall–Kier alpha value is -0.120. The average Bonchev–Trinajstić information content (AvgIpc) is 3.12. The molecule has 0 radical (unpaired) electrons. The molecule has 0 aliphatic carbocycles. The van der Waals surface area contributed by atoms with Gasteiger partial charge in [0.25, 0.3) is 0 Å². The van der Waals surface area contributed by atoms with E-state index in [9.17, 15) is 0 Å². The van der Waals surface area contributed by atoms with Gasteiger partial charge in [-0.1, -0.05) is 0 Å². The van der Waals surface area contributed by atoms with E-state index in [4.69, 9.17) is 14.5 Å². The van der Waals surface area contributed by atoms with Crippen LogP contribution < -0.4 is 10.6 Å². The third-order valence-electron chi connectivity index (χ3n) is 4.99. The molecule has 2 N–H and O–H groups in total. The molecule has 0 spiro atoms. The highest BCUT2D eigenvalue weighted by Gasteiger charge is 2.21. The van der Waals surface area contributed by atoms with Crippen LogP contribution in [-0.4, -0.2) is 75.0 Å². The van der Waals surface area contributed by atoms with Gasteiger partial charge in [0.15, 0.2) is 5.96 Å². The molecule has 6 nitrogen and oxygen atoms in total. The molecule has 154 valence electrons. The number of hydrogen-bond acceptors (Lipinski definition) is 4. The normalized spacial score (nSPS) is 22.5. The van der Waals surface area contributed by atoms with Crippen LogP contribution in [0.5, 0.6) is 0 Å². The van der Waals surface area contributed by atoms with E-state index in [1.165, 1.54) is 32.4 Å². The molecule has 0 aromatic heterocycles. The Morgan fingerprint density at radius 2 is 2.04 bits per heavy atom. The molecule has 2 saturated heterocycles. The highest BCUT2D eigenvalue weighted by Crippen LogP contribution is 2.13. The summed E-state index contributed by atoms with van der Waals surface area (Å²) in [7, 11) is 0. The van der Waals surface area contributed by atoms with Crippen LogP contribution in [0.2, 0.25) is 0 Å². The lowest BCUT2D eigenvalue weighted by atomic mass is 10.0. The zero-order valence-electron chi connectivity index (χ0n) is 16.8. The van der Waals surface area contributed by atoms with Crippen molar-refractivity contribution in [3.05, 3.63) is 0 Å². The fraction of sp³-hybridized carbons (Fsp3) is 0.947. The third-order valence-corrected chi connectivity index (χ3v) is 4.99. The van der Waals surface area contributed by atoms with E-state index in [1.54, 1.807) is 0 Å². The fourth-order valence-corrected chi connectivity index (χ4v) is 3.42. The first-order valence-electron chi connectivity index (χ1n) is 10.2. The summed E-state index contributed by atoms with van der Waals surface area (Å²) in [5.41, 5.74) is 0. The van der Waals surface area contributed by atoms with E-state index in [1.807, 2.05) is 0 Å². The Balaban J connectivity index is 0.00000338. The summed E-state index contributed by atoms with van der Waals surface area (Å²) in [5, 5.41) is 6.97. The fourth-order valence-electron chi connectivity index (χ4n) is 3.42. The SMILES string of the molecule is CCNC(=NCCCOCC1CCCO1)NC1CCN(C(C)C)CC1.I. The van der Waals surface area contributed by atoms with Crippen LogP contribution in [0.25, 0.3) is 0 Å². The van der Waals surface area contributed by atoms with Gasteiger partial charge in [0.2, 0.25) is 0 Å². The monoisotopic (exact) mass is 482 g/mol. The smallest absolute Gasteiger partial charge is 0.191 e. The van der Waals surface area contributed by atoms with Gasteiger partial charge in [-0.15, -0.1) is 24.0 Å². The van der Waals surface area contributed by atoms with E-state index >= 15 is 0 Å². The summed E-state index contributed by atoms with van der Waals surface area (Å²) in [4.78, 5) is 7.25. The Morgan fingerprint density at radius 3 is 2.65 bits per heavy atom. The van der Waals surface area contributed by atoms with Gasteiger partial charge in [0.1, 0.15) is 0 Å². The summed E-state index contributed by atoms with van der Waals surface area (Å²) < 4.78 is 11.3. The lowest BCUT2D eigenvalue weighted by Crippen LogP contribution is -2.49. The van der Waals surface area contributed by atoms with Gasteiger partial charge in [-0.3, -0.25) is 4.99 Å². The van der Waals surface area contributed by atoms with E-state index in [0.29, 0.717) is 18.2 Å². The van der Waals surface area contributed by atoms with Crippen molar-refractivity contribution < 1.29 is 9.47 Å². The van der Waals surface area contributed by atoms with Gasteiger partial charge in [-0.05, 0) is 52.9 Å². The van der Waals surface area contributed by atoms with E-state index in [-0.39, 0.29) is 24.0 Å². The van der Waals surface area contributed by atoms with Gasteiger partial charge in [-0.25, -0.2) is 0 Å². The van der Waals surface area contributed by atoms with Crippen molar-refractivity contribution in [2.24, 2.45) is 4.99 Å². The molecule has 2 heterocycles. The lowest BCUT2D eigenvalue weighted by Gasteiger charge is -2.35. The van der Waals surface area contributed by atoms with Crippen molar-refractivity contribution in [3.63, 3.8) is 0 Å². The van der Waals surface area contributed by atoms with E-state index < -0.39 is 0 Å². The minimum absolute atomic E-state index is 0. The van der Waals surface area contributed by atoms with Crippen LogP contribution in [0.1, 0.15) is 52.9 Å². The summed E-state index contributed by atoms with van der Waals surface area (Å²) in [6, 6.07) is 1.18. The summed E-state index contributed by atoms with van der Waals surface area (Å²) in [6.45, 7) is 13.1. The minimum atomic E-state index is 0. The molecule has 2 rings (SSSR count). The molecule has 26 heavy (non-hydrogen) atoms. The number of halogens is 1. The number of hydrogen-bond donors (Lipinski definition) is 2. The van der Waals surface area contributed by atoms with Crippen LogP contribution >= 0.6 is 24.0 Å². The maximum Gasteiger partial charge on any atom is 0.191 e. The lowest BCUT2D eigenvalue weighted by molar-refractivity contribution is 0.0171. The first kappa shape index (κ1) is 23.9. The van der Waals surface area contributed by atoms with Gasteiger partial charge in [0.05, 0.1) is 12.7 Å². The number of aliphatic imine (C=N–C) groups is 1. The molecule has 1 atom stereocenters. The summed E-state index contributed by atoms with van der Waals surface area (Å²) in [6.07, 6.45) is 5.96. The first-order valence-corrected chi connectivity index (χ1v) is 10.2. The van der Waals surface area contributed by atoms with Crippen molar-refractivity contribution in [1.82, 2.24) is 15.5 Å². The molecule has 2 fully saturated rings. The second-order valence-electron chi connectivity index (χ2n) is 7.37. The van der Waals surface area contributed by atoms with Crippen LogP contribution in [0.3, 0.4) is 0 Å². The highest BCUT2D eigenvalue weighted by molar-refractivity contribution is 14.0. The summed E-state index contributed by atoms with van der Waals surface area (Å²) >= 11 is 0. The molecule has 2 aliphatic heterocycles. The van der Waals surface area contributed by atoms with Crippen LogP contribution in [0.15, 0.2) is 4.99 Å². The predicted molar refractivity (Wildman–Crippen MR) is 119 cm³/mol. The van der Waals surface area contributed by atoms with Crippen molar-refractivity contribution in [2.45, 2.75) is 71.1 Å². The maximum absolute atomic E-state index is 5.70. The van der Waals surface area contributed by atoms with Crippen LogP contribution in [0, 0.1) is 0 Å². The minimum Gasteiger partial charge on any atom is -0.379 e. The van der Waals surface area contributed by atoms with Crippen molar-refractivity contribution >= 4 is 29.9 Å². The topological polar surface area (TPSA) is 58.1 Å². The van der Waals surface area contributed by atoms with Crippen LogP contribution in [0.4, 0.5) is 0 Å². The number of nitrogens with zero attached hydrogens (tertiary/aromatic N) is 2. The van der Waals surface area contributed by atoms with Gasteiger partial charge < -0.3 is 25.0 Å². The Bertz CT molecular complexity index is 382. The number of rotatable bonds is 9. The molecule has 2 aliphatic rings. The second kappa shape index (κ2) is 14.0. The molecular formula is C19H39IN4O2. The van der Waals surface area contributed by atoms with Gasteiger partial charge in [-0.2, -0.15) is 0 Å². The molecule has 0 aromatic carbocycles. The second-order valence-corrected chi connectivity index (χ2v) is 7.37. The third kappa shape index (κ3) is 9.19. The largest absolute Gasteiger partial charge is 0.379 e. The van der Waals surface area contributed by atoms with Crippen molar-refractivity contribution in [1.29, 1.82) is 0 Å². The first-order chi connectivity index (χ1) is 12.2. The Kier molecular flexibility index (Phi) is 12.8. The maximum atomic E-state index is 5.70. The molecule has 7 heteroatoms. The molecule has 0 bridgehead atoms. The number of likely N-dealkylation sites (tertiary alicyclic amines) is 1. The molecule has 0 saturated carbocycles. The zero-order chi connectivity index (χ0) is 17.9. The highest BCUT2D eigenvalue weighted by atomic mass is 127. The quantitative estimate of drug-likeness (QED) is 0.229. The number of guanidine groups is 1. The molecule has 0 amide bonds. The van der Waals surface area contributed by atoms with Gasteiger partial charge in [0, 0.05) is 51.5 Å². The van der Waals surface area contributed by atoms with E-state index in [2.05, 4.69) is 36.3 Å². The standard InChI is InChI=1S/C19H38N4O2.HI/c1-4-20-19(22-17-8-11-23(12-9-17)16(2)3)21-10-6-13-24-15-18-7-5-14-25-18;/h16-18H,4-15H2,1-3H3,(H2,20,21,22);1H. The molecular weight excluding hydrogens is 443 g/mol. The number of nitrogens with one attached hydrogen (secondary N) is 2. The Morgan fingerprint density at radius 1 is 1.27 bits per heavy atom. The Labute approximate surface area is 176 Å². The molecule has 0 aromatic rings. The van der Waals surface area contributed by atoms with Gasteiger partial charge >= 0.3 is 0 Å².